The number of nitrogens with one attached hydrogen (secondary N) is 2. The second-order valence-electron chi connectivity index (χ2n) is 12.8. The Hall–Kier alpha value is -4.50. The first-order valence-corrected chi connectivity index (χ1v) is 20.8. The van der Waals surface area contributed by atoms with Crippen LogP contribution in [-0.4, -0.2) is 63.9 Å². The lowest BCUT2D eigenvalue weighted by Crippen LogP contribution is -2.49. The van der Waals surface area contributed by atoms with Crippen LogP contribution in [0.5, 0.6) is 0 Å². The lowest BCUT2D eigenvalue weighted by atomic mass is 10.0. The molecule has 0 saturated carbocycles. The summed E-state index contributed by atoms with van der Waals surface area (Å²) < 4.78 is 37.3. The molecule has 1 heterocycles. The number of aliphatic hydroxyl groups is 1. The molecule has 2 atom stereocenters. The highest BCUT2D eigenvalue weighted by Gasteiger charge is 2.28. The number of amides is 2. The van der Waals surface area contributed by atoms with Crippen molar-refractivity contribution in [1.82, 2.24) is 20.2 Å². The minimum absolute atomic E-state index is 0.0405. The summed E-state index contributed by atoms with van der Waals surface area (Å²) in [7, 11) is -4.54. The van der Waals surface area contributed by atoms with Crippen molar-refractivity contribution < 1.29 is 37.8 Å². The number of aliphatic hydroxyl groups excluding tert-OH is 1. The van der Waals surface area contributed by atoms with Gasteiger partial charge in [0.05, 0.1) is 36.9 Å². The lowest BCUT2D eigenvalue weighted by molar-refractivity contribution is -0.126. The van der Waals surface area contributed by atoms with E-state index in [1.807, 2.05) is 71.3 Å². The van der Waals surface area contributed by atoms with Crippen molar-refractivity contribution in [2.45, 2.75) is 51.8 Å². The molecule has 5 aromatic rings. The average Bonchev–Trinajstić information content (AvgIpc) is 3.48. The monoisotopic (exact) mass is 807 g/mol. The van der Waals surface area contributed by atoms with E-state index in [9.17, 15) is 37.8 Å². The third kappa shape index (κ3) is 11.3. The summed E-state index contributed by atoms with van der Waals surface area (Å²) in [5, 5.41) is 15.3. The summed E-state index contributed by atoms with van der Waals surface area (Å²) in [6.07, 6.45) is 1.85. The second kappa shape index (κ2) is 19.4. The molecule has 0 spiro atoms. The summed E-state index contributed by atoms with van der Waals surface area (Å²) in [5.74, 6) is -0.853. The van der Waals surface area contributed by atoms with Crippen LogP contribution >= 0.6 is 19.2 Å². The van der Waals surface area contributed by atoms with Crippen LogP contribution < -0.4 is 14.9 Å². The van der Waals surface area contributed by atoms with Crippen LogP contribution in [0.15, 0.2) is 103 Å². The van der Waals surface area contributed by atoms with Crippen molar-refractivity contribution in [3.63, 3.8) is 0 Å². The van der Waals surface area contributed by atoms with E-state index >= 15 is 0 Å². The third-order valence-electron chi connectivity index (χ3n) is 8.89. The maximum absolute atomic E-state index is 13.5. The van der Waals surface area contributed by atoms with E-state index in [2.05, 4.69) is 22.5 Å². The molecule has 290 valence electrons. The fourth-order valence-corrected chi connectivity index (χ4v) is 7.37. The van der Waals surface area contributed by atoms with Crippen LogP contribution in [0, 0.1) is 0 Å². The minimum Gasteiger partial charge on any atom is -0.390 e. The molecule has 0 fully saturated rings. The number of rotatable bonds is 18. The van der Waals surface area contributed by atoms with Crippen molar-refractivity contribution in [3.05, 3.63) is 131 Å². The quantitative estimate of drug-likeness (QED) is 0.0474. The number of aromatic nitrogens is 2. The summed E-state index contributed by atoms with van der Waals surface area (Å²) >= 11 is 3.49. The van der Waals surface area contributed by atoms with E-state index < -0.39 is 49.5 Å². The minimum atomic E-state index is -4.54. The molecule has 0 aliphatic heterocycles. The first kappa shape index (κ1) is 41.7. The highest BCUT2D eigenvalue weighted by atomic mass is 35.5. The predicted molar refractivity (Wildman–Crippen MR) is 213 cm³/mol. The highest BCUT2D eigenvalue weighted by molar-refractivity contribution is 7.81. The number of carbonyl (C=O) groups is 2. The van der Waals surface area contributed by atoms with Gasteiger partial charge in [0, 0.05) is 18.5 Å². The molecule has 6 N–H and O–H groups in total. The zero-order valence-electron chi connectivity index (χ0n) is 30.0. The zero-order valence-corrected chi connectivity index (χ0v) is 32.5. The van der Waals surface area contributed by atoms with Gasteiger partial charge in [0.15, 0.2) is 5.15 Å². The van der Waals surface area contributed by atoms with E-state index in [0.29, 0.717) is 39.7 Å². The van der Waals surface area contributed by atoms with Crippen molar-refractivity contribution in [2.75, 3.05) is 17.1 Å². The van der Waals surface area contributed by atoms with Crippen molar-refractivity contribution >= 4 is 48.0 Å². The number of halogens is 1. The maximum atomic E-state index is 13.5. The number of anilines is 1. The predicted octanol–water partition coefficient (Wildman–Crippen LogP) is 5.68. The van der Waals surface area contributed by atoms with Crippen LogP contribution in [0.4, 0.5) is 5.69 Å². The van der Waals surface area contributed by atoms with Gasteiger partial charge in [0.25, 0.3) is 17.2 Å². The van der Waals surface area contributed by atoms with Gasteiger partial charge >= 0.3 is 7.60 Å². The Bertz CT molecular complexity index is 2150. The molecule has 13 nitrogen and oxygen atoms in total. The molecule has 2 amide bonds. The number of para-hydroxylation sites is 1. The average molecular weight is 808 g/mol. The van der Waals surface area contributed by atoms with Gasteiger partial charge in [-0.15, -0.1) is 0 Å². The number of unbranched alkanes of at least 4 members (excludes halogenated alkanes) is 1. The van der Waals surface area contributed by atoms with E-state index in [-0.39, 0.29) is 23.9 Å². The van der Waals surface area contributed by atoms with E-state index in [0.717, 1.165) is 35.4 Å². The van der Waals surface area contributed by atoms with Crippen LogP contribution in [0.1, 0.15) is 42.4 Å². The van der Waals surface area contributed by atoms with Crippen molar-refractivity contribution in [2.24, 2.45) is 0 Å². The lowest BCUT2D eigenvalue weighted by Gasteiger charge is -2.23. The zero-order chi connectivity index (χ0) is 39.5. The standard InChI is InChI=1S/C39H43ClN5O8PS/c1-2-3-13-36-43-38(40)35(25-46)44(36)24-28-16-20-31(21-17-28)32-11-7-8-12-34(32)45(55(52)53)37(47)23-41-39(48)33(42-26-54(49,50)51)22-27-14-18-30(19-15-27)29-9-5-4-6-10-29/h4-12,14-21,33,42,46H,2-3,13,22-26H2,1H3,(H,41,48)(H,52,53)(H2,49,50,51). The smallest absolute Gasteiger partial charge is 0.339 e. The molecule has 4 aromatic carbocycles. The Kier molecular flexibility index (Phi) is 14.7. The number of hydrogen-bond acceptors (Lipinski definition) is 7. The first-order chi connectivity index (χ1) is 26.4. The molecule has 55 heavy (non-hydrogen) atoms. The molecular weight excluding hydrogens is 765 g/mol. The molecule has 0 aliphatic carbocycles. The van der Waals surface area contributed by atoms with Gasteiger partial charge in [-0.2, -0.15) is 0 Å². The second-order valence-corrected chi connectivity index (χ2v) is 15.6. The van der Waals surface area contributed by atoms with Crippen LogP contribution in [0.25, 0.3) is 22.3 Å². The molecule has 5 rings (SSSR count). The SMILES string of the molecule is CCCCc1nc(Cl)c(CO)n1Cc1ccc(-c2ccccc2N(C(=O)CNC(=O)C(Cc2ccc(-c3ccccc3)cc2)NCP(=O)(O)O)S(=O)O)cc1. The Balaban J connectivity index is 1.31. The van der Waals surface area contributed by atoms with Crippen molar-refractivity contribution in [1.29, 1.82) is 0 Å². The van der Waals surface area contributed by atoms with Gasteiger partial charge < -0.3 is 24.8 Å². The molecule has 0 bridgehead atoms. The molecule has 0 saturated heterocycles. The van der Waals surface area contributed by atoms with E-state index in [1.165, 1.54) is 6.07 Å². The topological polar surface area (TPSA) is 194 Å². The van der Waals surface area contributed by atoms with Gasteiger partial charge in [-0.25, -0.2) is 13.5 Å². The molecule has 0 aliphatic rings. The first-order valence-electron chi connectivity index (χ1n) is 17.6. The van der Waals surface area contributed by atoms with Gasteiger partial charge in [-0.3, -0.25) is 24.0 Å². The largest absolute Gasteiger partial charge is 0.390 e. The summed E-state index contributed by atoms with van der Waals surface area (Å²) in [4.78, 5) is 50.4. The van der Waals surface area contributed by atoms with Crippen LogP contribution in [0.3, 0.4) is 0 Å². The van der Waals surface area contributed by atoms with Crippen LogP contribution in [-0.2, 0) is 51.4 Å². The number of imidazole rings is 1. The number of carbonyl (C=O) groups excluding carboxylic acids is 2. The Morgan fingerprint density at radius 1 is 0.909 bits per heavy atom. The molecular formula is C39H43ClN5O8PS. The molecule has 1 aromatic heterocycles. The van der Waals surface area contributed by atoms with Crippen molar-refractivity contribution in [3.8, 4) is 22.3 Å². The molecule has 2 unspecified atom stereocenters. The number of aryl methyl sites for hydroxylation is 1. The normalized spacial score (nSPS) is 12.6. The maximum Gasteiger partial charge on any atom is 0.339 e. The summed E-state index contributed by atoms with van der Waals surface area (Å²) in [6, 6.07) is 29.8. The number of hydrogen-bond donors (Lipinski definition) is 6. The fraction of sp³-hybridized carbons (Fsp3) is 0.256. The Morgan fingerprint density at radius 2 is 1.53 bits per heavy atom. The van der Waals surface area contributed by atoms with E-state index in [1.54, 1.807) is 30.3 Å². The third-order valence-corrected chi connectivity index (χ3v) is 10.5. The van der Waals surface area contributed by atoms with Gasteiger partial charge in [0.1, 0.15) is 5.82 Å². The van der Waals surface area contributed by atoms with Gasteiger partial charge in [0.2, 0.25) is 5.91 Å². The van der Waals surface area contributed by atoms with Crippen LogP contribution in [0.2, 0.25) is 5.15 Å². The Labute approximate surface area is 327 Å². The number of benzene rings is 4. The van der Waals surface area contributed by atoms with E-state index in [4.69, 9.17) is 11.6 Å². The molecule has 0 radical (unpaired) electrons. The number of nitrogens with zero attached hydrogens (tertiary/aromatic N) is 3. The summed E-state index contributed by atoms with van der Waals surface area (Å²) in [5.41, 5.74) is 5.29. The molecule has 16 heteroatoms. The fourth-order valence-electron chi connectivity index (χ4n) is 6.09. The summed E-state index contributed by atoms with van der Waals surface area (Å²) in [6.45, 7) is 1.54. The van der Waals surface area contributed by atoms with Gasteiger partial charge in [-0.05, 0) is 46.7 Å². The van der Waals surface area contributed by atoms with Gasteiger partial charge in [-0.1, -0.05) is 122 Å². The highest BCUT2D eigenvalue weighted by Crippen LogP contribution is 2.33. The Morgan fingerprint density at radius 3 is 2.16 bits per heavy atom.